The van der Waals surface area contributed by atoms with Gasteiger partial charge in [0.15, 0.2) is 0 Å². The van der Waals surface area contributed by atoms with Gasteiger partial charge in [0.2, 0.25) is 0 Å². The van der Waals surface area contributed by atoms with Crippen molar-refractivity contribution in [2.24, 2.45) is 0 Å². The van der Waals surface area contributed by atoms with Gasteiger partial charge in [-0.05, 0) is 57.5 Å². The van der Waals surface area contributed by atoms with Gasteiger partial charge in [-0.2, -0.15) is 0 Å². The van der Waals surface area contributed by atoms with Gasteiger partial charge in [0.05, 0.1) is 25.3 Å². The molecule has 23 heavy (non-hydrogen) atoms. The minimum atomic E-state index is -0.556. The molecule has 2 rings (SSSR count). The first-order chi connectivity index (χ1) is 10.7. The van der Waals surface area contributed by atoms with Crippen LogP contribution < -0.4 is 14.8 Å². The molecule has 0 radical (unpaired) electrons. The maximum absolute atomic E-state index is 12.1. The van der Waals surface area contributed by atoms with E-state index in [-0.39, 0.29) is 0 Å². The Hall–Kier alpha value is -2.43. The molecule has 0 spiro atoms. The molecule has 5 heteroatoms. The summed E-state index contributed by atoms with van der Waals surface area (Å²) in [7, 11) is 3.22. The molecule has 0 saturated carbocycles. The summed E-state index contributed by atoms with van der Waals surface area (Å²) in [5, 5.41) is 4.45. The van der Waals surface area contributed by atoms with Crippen LogP contribution in [0.15, 0.2) is 24.3 Å². The zero-order chi connectivity index (χ0) is 17.2. The number of hydrogen-bond acceptors (Lipinski definition) is 4. The number of hydrogen-bond donors (Lipinski definition) is 1. The molecule has 0 unspecified atom stereocenters. The smallest absolute Gasteiger partial charge is 0.412 e. The number of nitrogens with one attached hydrogen (secondary N) is 1. The standard InChI is InChI=1S/C18H23NO4/c1-11-9-12-13(19-17(20)23-18(2,3)4)7-8-14(21-5)16(12)15(10-11)22-6/h7-10H,1-6H3,(H,19,20). The molecule has 1 N–H and O–H groups in total. The average molecular weight is 317 g/mol. The van der Waals surface area contributed by atoms with Crippen LogP contribution in [-0.4, -0.2) is 25.9 Å². The number of amides is 1. The van der Waals surface area contributed by atoms with E-state index in [1.54, 1.807) is 26.4 Å². The Morgan fingerprint density at radius 2 is 1.70 bits per heavy atom. The summed E-state index contributed by atoms with van der Waals surface area (Å²) in [5.41, 5.74) is 1.12. The average Bonchev–Trinajstić information content (AvgIpc) is 2.45. The second kappa shape index (κ2) is 6.36. The Labute approximate surface area is 136 Å². The largest absolute Gasteiger partial charge is 0.496 e. The Morgan fingerprint density at radius 1 is 1.04 bits per heavy atom. The van der Waals surface area contributed by atoms with Crippen molar-refractivity contribution in [1.29, 1.82) is 0 Å². The Balaban J connectivity index is 2.53. The number of fused-ring (bicyclic) bond motifs is 1. The lowest BCUT2D eigenvalue weighted by Gasteiger charge is -2.20. The summed E-state index contributed by atoms with van der Waals surface area (Å²) in [6.45, 7) is 7.45. The molecule has 0 aromatic heterocycles. The third-order valence-electron chi connectivity index (χ3n) is 3.26. The zero-order valence-corrected chi connectivity index (χ0v) is 14.4. The highest BCUT2D eigenvalue weighted by molar-refractivity contribution is 6.05. The van der Waals surface area contributed by atoms with Crippen molar-refractivity contribution in [3.8, 4) is 11.5 Å². The van der Waals surface area contributed by atoms with E-state index in [9.17, 15) is 4.79 Å². The van der Waals surface area contributed by atoms with Crippen molar-refractivity contribution in [1.82, 2.24) is 0 Å². The molecular weight excluding hydrogens is 294 g/mol. The van der Waals surface area contributed by atoms with E-state index in [0.717, 1.165) is 16.3 Å². The lowest BCUT2D eigenvalue weighted by Crippen LogP contribution is -2.27. The number of rotatable bonds is 3. The predicted molar refractivity (Wildman–Crippen MR) is 91.6 cm³/mol. The second-order valence-electron chi connectivity index (χ2n) is 6.33. The molecule has 2 aromatic carbocycles. The maximum atomic E-state index is 12.1. The van der Waals surface area contributed by atoms with Gasteiger partial charge in [-0.25, -0.2) is 4.79 Å². The van der Waals surface area contributed by atoms with Crippen molar-refractivity contribution in [2.45, 2.75) is 33.3 Å². The molecule has 0 aliphatic heterocycles. The molecule has 1 amide bonds. The van der Waals surface area contributed by atoms with E-state index in [2.05, 4.69) is 5.32 Å². The fraction of sp³-hybridized carbons (Fsp3) is 0.389. The van der Waals surface area contributed by atoms with Gasteiger partial charge >= 0.3 is 6.09 Å². The Bertz CT molecular complexity index is 732. The van der Waals surface area contributed by atoms with Gasteiger partial charge in [0, 0.05) is 5.39 Å². The van der Waals surface area contributed by atoms with Crippen LogP contribution in [0.1, 0.15) is 26.3 Å². The summed E-state index contributed by atoms with van der Waals surface area (Å²) in [5.74, 6) is 1.39. The van der Waals surface area contributed by atoms with Crippen LogP contribution in [0.2, 0.25) is 0 Å². The molecule has 2 aromatic rings. The number of methoxy groups -OCH3 is 2. The predicted octanol–water partition coefficient (Wildman–Crippen LogP) is 4.51. The number of benzene rings is 2. The molecule has 0 fully saturated rings. The molecule has 0 saturated heterocycles. The van der Waals surface area contributed by atoms with E-state index in [1.807, 2.05) is 39.8 Å². The van der Waals surface area contributed by atoms with Crippen LogP contribution in [0.3, 0.4) is 0 Å². The molecular formula is C18H23NO4. The van der Waals surface area contributed by atoms with Crippen LogP contribution in [0.25, 0.3) is 10.8 Å². The lowest BCUT2D eigenvalue weighted by molar-refractivity contribution is 0.0636. The minimum Gasteiger partial charge on any atom is -0.496 e. The van der Waals surface area contributed by atoms with Crippen LogP contribution in [-0.2, 0) is 4.74 Å². The van der Waals surface area contributed by atoms with Crippen molar-refractivity contribution >= 4 is 22.6 Å². The monoisotopic (exact) mass is 317 g/mol. The van der Waals surface area contributed by atoms with Gasteiger partial charge in [-0.15, -0.1) is 0 Å². The summed E-state index contributed by atoms with van der Waals surface area (Å²) in [6.07, 6.45) is -0.496. The van der Waals surface area contributed by atoms with E-state index in [4.69, 9.17) is 14.2 Å². The van der Waals surface area contributed by atoms with E-state index in [0.29, 0.717) is 17.2 Å². The van der Waals surface area contributed by atoms with Gasteiger partial charge in [0.1, 0.15) is 17.1 Å². The highest BCUT2D eigenvalue weighted by Crippen LogP contribution is 2.39. The van der Waals surface area contributed by atoms with Crippen molar-refractivity contribution in [3.05, 3.63) is 29.8 Å². The number of anilines is 1. The van der Waals surface area contributed by atoms with E-state index < -0.39 is 11.7 Å². The minimum absolute atomic E-state index is 0.496. The first-order valence-corrected chi connectivity index (χ1v) is 7.40. The second-order valence-corrected chi connectivity index (χ2v) is 6.33. The molecule has 0 atom stereocenters. The lowest BCUT2D eigenvalue weighted by atomic mass is 10.0. The third-order valence-corrected chi connectivity index (χ3v) is 3.26. The number of aryl methyl sites for hydroxylation is 1. The van der Waals surface area contributed by atoms with Crippen LogP contribution >= 0.6 is 0 Å². The third kappa shape index (κ3) is 3.86. The highest BCUT2D eigenvalue weighted by Gasteiger charge is 2.18. The van der Waals surface area contributed by atoms with Gasteiger partial charge in [-0.1, -0.05) is 0 Å². The fourth-order valence-electron chi connectivity index (χ4n) is 2.41. The maximum Gasteiger partial charge on any atom is 0.412 e. The van der Waals surface area contributed by atoms with Crippen molar-refractivity contribution in [3.63, 3.8) is 0 Å². The van der Waals surface area contributed by atoms with Crippen molar-refractivity contribution < 1.29 is 19.0 Å². The van der Waals surface area contributed by atoms with E-state index in [1.165, 1.54) is 0 Å². The molecule has 0 heterocycles. The topological polar surface area (TPSA) is 56.8 Å². The van der Waals surface area contributed by atoms with Crippen LogP contribution in [0, 0.1) is 6.92 Å². The Morgan fingerprint density at radius 3 is 2.26 bits per heavy atom. The van der Waals surface area contributed by atoms with Gasteiger partial charge < -0.3 is 14.2 Å². The van der Waals surface area contributed by atoms with Gasteiger partial charge in [-0.3, -0.25) is 5.32 Å². The number of ether oxygens (including phenoxy) is 3. The fourth-order valence-corrected chi connectivity index (χ4v) is 2.41. The molecule has 0 bridgehead atoms. The number of carbonyl (C=O) groups is 1. The van der Waals surface area contributed by atoms with Crippen LogP contribution in [0.5, 0.6) is 11.5 Å². The van der Waals surface area contributed by atoms with Crippen LogP contribution in [0.4, 0.5) is 10.5 Å². The number of carbonyl (C=O) groups excluding carboxylic acids is 1. The Kier molecular flexibility index (Phi) is 4.68. The quantitative estimate of drug-likeness (QED) is 0.904. The molecule has 0 aliphatic rings. The summed E-state index contributed by atoms with van der Waals surface area (Å²) in [4.78, 5) is 12.1. The summed E-state index contributed by atoms with van der Waals surface area (Å²) in [6, 6.07) is 7.51. The van der Waals surface area contributed by atoms with Gasteiger partial charge in [0.25, 0.3) is 0 Å². The SMILES string of the molecule is COc1ccc(NC(=O)OC(C)(C)C)c2cc(C)cc(OC)c12. The molecule has 124 valence electrons. The van der Waals surface area contributed by atoms with Crippen molar-refractivity contribution in [2.75, 3.05) is 19.5 Å². The normalized spacial score (nSPS) is 11.2. The molecule has 0 aliphatic carbocycles. The zero-order valence-electron chi connectivity index (χ0n) is 14.4. The van der Waals surface area contributed by atoms with E-state index >= 15 is 0 Å². The first kappa shape index (κ1) is 16.9. The first-order valence-electron chi connectivity index (χ1n) is 7.40. The summed E-state index contributed by atoms with van der Waals surface area (Å²) < 4.78 is 16.2. The molecule has 5 nitrogen and oxygen atoms in total. The highest BCUT2D eigenvalue weighted by atomic mass is 16.6. The summed E-state index contributed by atoms with van der Waals surface area (Å²) >= 11 is 0.